The SMILES string of the molecule is O=C(O)CC(NC(=O)CC1CCOC1)c1cccc(Br)c1. The van der Waals surface area contributed by atoms with Gasteiger partial charge in [-0.25, -0.2) is 0 Å². The van der Waals surface area contributed by atoms with Crippen LogP contribution in [-0.4, -0.2) is 30.2 Å². The van der Waals surface area contributed by atoms with Crippen LogP contribution in [0.15, 0.2) is 28.7 Å². The molecule has 0 aliphatic carbocycles. The maximum absolute atomic E-state index is 12.1. The molecular weight excluding hydrogens is 338 g/mol. The van der Waals surface area contributed by atoms with Gasteiger partial charge in [-0.1, -0.05) is 28.1 Å². The minimum absolute atomic E-state index is 0.128. The van der Waals surface area contributed by atoms with Gasteiger partial charge in [0, 0.05) is 24.1 Å². The van der Waals surface area contributed by atoms with Crippen molar-refractivity contribution in [1.82, 2.24) is 5.32 Å². The van der Waals surface area contributed by atoms with Crippen LogP contribution in [0.1, 0.15) is 30.9 Å². The molecule has 2 unspecified atom stereocenters. The van der Waals surface area contributed by atoms with Gasteiger partial charge in [0.2, 0.25) is 5.91 Å². The standard InChI is InChI=1S/C15H18BrNO4/c16-12-3-1-2-11(7-12)13(8-15(19)20)17-14(18)6-10-4-5-21-9-10/h1-3,7,10,13H,4-6,8-9H2,(H,17,18)(H,19,20). The molecule has 1 saturated heterocycles. The van der Waals surface area contributed by atoms with E-state index in [1.807, 2.05) is 24.3 Å². The minimum Gasteiger partial charge on any atom is -0.481 e. The van der Waals surface area contributed by atoms with E-state index in [1.54, 1.807) is 0 Å². The summed E-state index contributed by atoms with van der Waals surface area (Å²) in [7, 11) is 0. The average molecular weight is 356 g/mol. The largest absolute Gasteiger partial charge is 0.481 e. The van der Waals surface area contributed by atoms with Crippen LogP contribution >= 0.6 is 15.9 Å². The molecule has 1 fully saturated rings. The molecule has 0 radical (unpaired) electrons. The first-order valence-electron chi connectivity index (χ1n) is 6.89. The van der Waals surface area contributed by atoms with E-state index in [1.165, 1.54) is 0 Å². The fourth-order valence-corrected chi connectivity index (χ4v) is 2.83. The molecular formula is C15H18BrNO4. The average Bonchev–Trinajstić information content (AvgIpc) is 2.90. The monoisotopic (exact) mass is 355 g/mol. The molecule has 1 aromatic carbocycles. The molecule has 0 saturated carbocycles. The minimum atomic E-state index is -0.940. The molecule has 6 heteroatoms. The number of aliphatic carboxylic acids is 1. The maximum atomic E-state index is 12.1. The summed E-state index contributed by atoms with van der Waals surface area (Å²) in [6.45, 7) is 1.30. The second-order valence-electron chi connectivity index (χ2n) is 5.21. The van der Waals surface area contributed by atoms with Gasteiger partial charge >= 0.3 is 5.97 Å². The number of ether oxygens (including phenoxy) is 1. The molecule has 1 aliphatic rings. The molecule has 1 aromatic rings. The Morgan fingerprint density at radius 2 is 2.29 bits per heavy atom. The number of rotatable bonds is 6. The van der Waals surface area contributed by atoms with Crippen LogP contribution < -0.4 is 5.32 Å². The van der Waals surface area contributed by atoms with E-state index in [2.05, 4.69) is 21.2 Å². The van der Waals surface area contributed by atoms with Crippen LogP contribution in [0.25, 0.3) is 0 Å². The van der Waals surface area contributed by atoms with E-state index in [4.69, 9.17) is 9.84 Å². The van der Waals surface area contributed by atoms with E-state index in [-0.39, 0.29) is 18.2 Å². The fourth-order valence-electron chi connectivity index (χ4n) is 2.41. The number of hydrogen-bond acceptors (Lipinski definition) is 3. The van der Waals surface area contributed by atoms with Crippen molar-refractivity contribution >= 4 is 27.8 Å². The first kappa shape index (κ1) is 16.0. The number of amides is 1. The van der Waals surface area contributed by atoms with E-state index in [9.17, 15) is 9.59 Å². The van der Waals surface area contributed by atoms with Crippen LogP contribution in [0, 0.1) is 5.92 Å². The molecule has 0 spiro atoms. The van der Waals surface area contributed by atoms with E-state index < -0.39 is 12.0 Å². The van der Waals surface area contributed by atoms with Gasteiger partial charge in [-0.3, -0.25) is 9.59 Å². The van der Waals surface area contributed by atoms with Crippen LogP contribution in [0.4, 0.5) is 0 Å². The van der Waals surface area contributed by atoms with Gasteiger partial charge in [0.1, 0.15) is 0 Å². The molecule has 21 heavy (non-hydrogen) atoms. The predicted octanol–water partition coefficient (Wildman–Crippen LogP) is 2.51. The van der Waals surface area contributed by atoms with Gasteiger partial charge in [-0.2, -0.15) is 0 Å². The summed E-state index contributed by atoms with van der Waals surface area (Å²) in [4.78, 5) is 23.1. The van der Waals surface area contributed by atoms with Crippen molar-refractivity contribution in [3.05, 3.63) is 34.3 Å². The van der Waals surface area contributed by atoms with Crippen molar-refractivity contribution in [2.75, 3.05) is 13.2 Å². The highest BCUT2D eigenvalue weighted by Crippen LogP contribution is 2.22. The summed E-state index contributed by atoms with van der Waals surface area (Å²) in [5.74, 6) is -0.834. The molecule has 0 aromatic heterocycles. The van der Waals surface area contributed by atoms with Crippen molar-refractivity contribution in [3.8, 4) is 0 Å². The highest BCUT2D eigenvalue weighted by Gasteiger charge is 2.23. The third-order valence-corrected chi connectivity index (χ3v) is 3.96. The number of nitrogens with one attached hydrogen (secondary N) is 1. The molecule has 0 bridgehead atoms. The second kappa shape index (κ2) is 7.56. The van der Waals surface area contributed by atoms with Gasteiger partial charge in [-0.15, -0.1) is 0 Å². The number of hydrogen-bond donors (Lipinski definition) is 2. The third-order valence-electron chi connectivity index (χ3n) is 3.46. The molecule has 5 nitrogen and oxygen atoms in total. The smallest absolute Gasteiger partial charge is 0.305 e. The molecule has 2 rings (SSSR count). The summed E-state index contributed by atoms with van der Waals surface area (Å²) < 4.78 is 6.10. The zero-order valence-electron chi connectivity index (χ0n) is 11.5. The van der Waals surface area contributed by atoms with Crippen molar-refractivity contribution in [2.45, 2.75) is 25.3 Å². The first-order valence-corrected chi connectivity index (χ1v) is 7.68. The lowest BCUT2D eigenvalue weighted by Crippen LogP contribution is -2.31. The lowest BCUT2D eigenvalue weighted by molar-refractivity contribution is -0.137. The lowest BCUT2D eigenvalue weighted by Gasteiger charge is -2.18. The zero-order valence-corrected chi connectivity index (χ0v) is 13.1. The topological polar surface area (TPSA) is 75.6 Å². The normalized spacial score (nSPS) is 19.2. The van der Waals surface area contributed by atoms with Crippen LogP contribution in [0.3, 0.4) is 0 Å². The Balaban J connectivity index is 2.01. The number of carbonyl (C=O) groups is 2. The van der Waals surface area contributed by atoms with Gasteiger partial charge in [0.25, 0.3) is 0 Å². The molecule has 1 amide bonds. The van der Waals surface area contributed by atoms with Crippen molar-refractivity contribution in [3.63, 3.8) is 0 Å². The molecule has 1 aliphatic heterocycles. The van der Waals surface area contributed by atoms with Crippen molar-refractivity contribution in [1.29, 1.82) is 0 Å². The van der Waals surface area contributed by atoms with E-state index in [0.29, 0.717) is 19.6 Å². The number of carbonyl (C=O) groups excluding carboxylic acids is 1. The summed E-state index contributed by atoms with van der Waals surface area (Å²) in [5, 5.41) is 11.9. The van der Waals surface area contributed by atoms with E-state index in [0.717, 1.165) is 16.5 Å². The summed E-state index contributed by atoms with van der Waals surface area (Å²) >= 11 is 3.36. The highest BCUT2D eigenvalue weighted by molar-refractivity contribution is 9.10. The Labute approximate surface area is 131 Å². The summed E-state index contributed by atoms with van der Waals surface area (Å²) in [6, 6.07) is 6.81. The Hall–Kier alpha value is -1.40. The van der Waals surface area contributed by atoms with Gasteiger partial charge in [0.15, 0.2) is 0 Å². The quantitative estimate of drug-likeness (QED) is 0.821. The summed E-state index contributed by atoms with van der Waals surface area (Å²) in [6.07, 6.45) is 1.13. The molecule has 1 heterocycles. The second-order valence-corrected chi connectivity index (χ2v) is 6.12. The molecule has 2 N–H and O–H groups in total. The first-order chi connectivity index (χ1) is 10.0. The van der Waals surface area contributed by atoms with Crippen molar-refractivity contribution in [2.24, 2.45) is 5.92 Å². The highest BCUT2D eigenvalue weighted by atomic mass is 79.9. The zero-order chi connectivity index (χ0) is 15.2. The molecule has 114 valence electrons. The number of halogens is 1. The Bertz CT molecular complexity index is 514. The van der Waals surface area contributed by atoms with Crippen LogP contribution in [0.5, 0.6) is 0 Å². The van der Waals surface area contributed by atoms with Crippen molar-refractivity contribution < 1.29 is 19.4 Å². The summed E-state index contributed by atoms with van der Waals surface area (Å²) in [5.41, 5.74) is 0.780. The number of benzene rings is 1. The lowest BCUT2D eigenvalue weighted by atomic mass is 10.0. The van der Waals surface area contributed by atoms with Crippen LogP contribution in [-0.2, 0) is 14.3 Å². The van der Waals surface area contributed by atoms with Crippen LogP contribution in [0.2, 0.25) is 0 Å². The third kappa shape index (κ3) is 5.13. The van der Waals surface area contributed by atoms with Gasteiger partial charge in [-0.05, 0) is 30.0 Å². The molecule has 2 atom stereocenters. The number of carboxylic acid groups (broad SMARTS) is 1. The predicted molar refractivity (Wildman–Crippen MR) is 80.8 cm³/mol. The maximum Gasteiger partial charge on any atom is 0.305 e. The van der Waals surface area contributed by atoms with Gasteiger partial charge < -0.3 is 15.2 Å². The Morgan fingerprint density at radius 3 is 2.90 bits per heavy atom. The van der Waals surface area contributed by atoms with E-state index >= 15 is 0 Å². The Kier molecular flexibility index (Phi) is 5.76. The number of carboxylic acids is 1. The van der Waals surface area contributed by atoms with Gasteiger partial charge in [0.05, 0.1) is 12.5 Å². The Morgan fingerprint density at radius 1 is 1.48 bits per heavy atom. The fraction of sp³-hybridized carbons (Fsp3) is 0.467.